The number of nitrogens with one attached hydrogen (secondary N) is 1. The van der Waals surface area contributed by atoms with Gasteiger partial charge in [0.2, 0.25) is 11.8 Å². The number of nitrogens with zero attached hydrogens (tertiary/aromatic N) is 2. The zero-order valence-corrected chi connectivity index (χ0v) is 14.5. The van der Waals surface area contributed by atoms with Crippen molar-refractivity contribution < 1.29 is 9.21 Å². The molecular formula is C18H25N3O2. The van der Waals surface area contributed by atoms with Crippen LogP contribution in [0.5, 0.6) is 0 Å². The van der Waals surface area contributed by atoms with E-state index in [0.717, 1.165) is 11.4 Å². The van der Waals surface area contributed by atoms with Gasteiger partial charge in [0.15, 0.2) is 0 Å². The summed E-state index contributed by atoms with van der Waals surface area (Å²) >= 11 is 0. The molecule has 5 nitrogen and oxygen atoms in total. The highest BCUT2D eigenvalue weighted by Crippen LogP contribution is 2.22. The van der Waals surface area contributed by atoms with Gasteiger partial charge >= 0.3 is 0 Å². The lowest BCUT2D eigenvalue weighted by Gasteiger charge is -2.15. The number of anilines is 1. The van der Waals surface area contributed by atoms with Gasteiger partial charge in [-0.15, -0.1) is 0 Å². The summed E-state index contributed by atoms with van der Waals surface area (Å²) in [6, 6.07) is 7.74. The minimum absolute atomic E-state index is 0.0565. The van der Waals surface area contributed by atoms with Gasteiger partial charge in [-0.2, -0.15) is 0 Å². The van der Waals surface area contributed by atoms with Crippen LogP contribution >= 0.6 is 0 Å². The van der Waals surface area contributed by atoms with Crippen LogP contribution < -0.4 is 5.32 Å². The third-order valence-electron chi connectivity index (χ3n) is 3.45. The Bertz CT molecular complexity index is 654. The molecule has 0 atom stereocenters. The Kier molecular flexibility index (Phi) is 5.21. The Morgan fingerprint density at radius 3 is 2.48 bits per heavy atom. The fourth-order valence-corrected chi connectivity index (χ4v) is 2.10. The molecule has 1 N–H and O–H groups in total. The van der Waals surface area contributed by atoms with E-state index >= 15 is 0 Å². The van der Waals surface area contributed by atoms with E-state index in [1.165, 1.54) is 5.56 Å². The maximum absolute atomic E-state index is 12.1. The number of aromatic nitrogens is 1. The maximum Gasteiger partial charge on any atom is 0.238 e. The van der Waals surface area contributed by atoms with Crippen molar-refractivity contribution in [3.63, 3.8) is 0 Å². The first kappa shape index (κ1) is 17.2. The summed E-state index contributed by atoms with van der Waals surface area (Å²) in [6.45, 7) is 9.03. The lowest BCUT2D eigenvalue weighted by molar-refractivity contribution is -0.117. The van der Waals surface area contributed by atoms with Gasteiger partial charge in [0.25, 0.3) is 0 Å². The fraction of sp³-hybridized carbons (Fsp3) is 0.444. The highest BCUT2D eigenvalue weighted by molar-refractivity contribution is 5.92. The van der Waals surface area contributed by atoms with Crippen LogP contribution in [-0.2, 0) is 16.8 Å². The summed E-state index contributed by atoms with van der Waals surface area (Å²) in [4.78, 5) is 18.2. The molecular weight excluding hydrogens is 290 g/mol. The zero-order chi connectivity index (χ0) is 17.0. The summed E-state index contributed by atoms with van der Waals surface area (Å²) < 4.78 is 5.75. The first-order valence-corrected chi connectivity index (χ1v) is 7.74. The SMILES string of the molecule is Cc1ccc(NC(=O)CN(C)Cc2ncc(C(C)(C)C)o2)cc1. The minimum atomic E-state index is -0.0629. The molecule has 0 aliphatic rings. The molecule has 23 heavy (non-hydrogen) atoms. The molecule has 0 saturated carbocycles. The van der Waals surface area contributed by atoms with E-state index < -0.39 is 0 Å². The topological polar surface area (TPSA) is 58.4 Å². The number of carbonyl (C=O) groups is 1. The van der Waals surface area contributed by atoms with Crippen molar-refractivity contribution >= 4 is 11.6 Å². The third kappa shape index (κ3) is 5.21. The van der Waals surface area contributed by atoms with Gasteiger partial charge in [-0.3, -0.25) is 9.69 Å². The number of hydrogen-bond acceptors (Lipinski definition) is 4. The number of likely N-dealkylation sites (N-methyl/N-ethyl adjacent to an activating group) is 1. The lowest BCUT2D eigenvalue weighted by atomic mass is 9.94. The van der Waals surface area contributed by atoms with Crippen LogP contribution in [0.25, 0.3) is 0 Å². The first-order valence-electron chi connectivity index (χ1n) is 7.74. The van der Waals surface area contributed by atoms with E-state index in [9.17, 15) is 4.79 Å². The molecule has 1 aromatic carbocycles. The van der Waals surface area contributed by atoms with Gasteiger partial charge < -0.3 is 9.73 Å². The Hall–Kier alpha value is -2.14. The number of aryl methyl sites for hydroxylation is 1. The normalized spacial score (nSPS) is 11.7. The van der Waals surface area contributed by atoms with E-state index in [1.807, 2.05) is 43.1 Å². The molecule has 124 valence electrons. The van der Waals surface area contributed by atoms with Crippen LogP contribution in [0.15, 0.2) is 34.9 Å². The van der Waals surface area contributed by atoms with Crippen molar-refractivity contribution in [3.8, 4) is 0 Å². The summed E-state index contributed by atoms with van der Waals surface area (Å²) in [7, 11) is 1.87. The molecule has 0 aliphatic carbocycles. The van der Waals surface area contributed by atoms with Crippen LogP contribution in [0.1, 0.15) is 38.0 Å². The molecule has 0 radical (unpaired) electrons. The average Bonchev–Trinajstić information content (AvgIpc) is 2.89. The Balaban J connectivity index is 1.86. The van der Waals surface area contributed by atoms with Crippen molar-refractivity contribution in [1.29, 1.82) is 0 Å². The predicted octanol–water partition coefficient (Wildman–Crippen LogP) is 3.35. The smallest absolute Gasteiger partial charge is 0.238 e. The van der Waals surface area contributed by atoms with Crippen LogP contribution in [0.2, 0.25) is 0 Å². The van der Waals surface area contributed by atoms with Crippen molar-refractivity contribution in [3.05, 3.63) is 47.7 Å². The molecule has 5 heteroatoms. The quantitative estimate of drug-likeness (QED) is 0.919. The number of hydrogen-bond donors (Lipinski definition) is 1. The number of oxazole rings is 1. The second kappa shape index (κ2) is 6.96. The van der Waals surface area contributed by atoms with Crippen LogP contribution in [0.3, 0.4) is 0 Å². The summed E-state index contributed by atoms with van der Waals surface area (Å²) in [5, 5.41) is 2.88. The molecule has 1 aromatic heterocycles. The number of benzene rings is 1. The van der Waals surface area contributed by atoms with Gasteiger partial charge in [0.1, 0.15) is 5.76 Å². The van der Waals surface area contributed by atoms with Gasteiger partial charge in [0.05, 0.1) is 19.3 Å². The standard InChI is InChI=1S/C18H25N3O2/c1-13-6-8-14(9-7-13)20-16(22)11-21(5)12-17-19-10-15(23-17)18(2,3)4/h6-10H,11-12H2,1-5H3,(H,20,22). The van der Waals surface area contributed by atoms with Crippen LogP contribution in [0, 0.1) is 6.92 Å². The van der Waals surface area contributed by atoms with E-state index in [2.05, 4.69) is 31.1 Å². The van der Waals surface area contributed by atoms with Crippen molar-refractivity contribution in [2.45, 2.75) is 39.7 Å². The molecule has 0 spiro atoms. The van der Waals surface area contributed by atoms with E-state index in [1.54, 1.807) is 6.20 Å². The highest BCUT2D eigenvalue weighted by Gasteiger charge is 2.19. The van der Waals surface area contributed by atoms with Gasteiger partial charge in [-0.1, -0.05) is 38.5 Å². The van der Waals surface area contributed by atoms with Crippen molar-refractivity contribution in [2.24, 2.45) is 0 Å². The zero-order valence-electron chi connectivity index (χ0n) is 14.5. The Morgan fingerprint density at radius 1 is 1.26 bits per heavy atom. The minimum Gasteiger partial charge on any atom is -0.444 e. The second-order valence-corrected chi connectivity index (χ2v) is 6.95. The van der Waals surface area contributed by atoms with Crippen molar-refractivity contribution in [1.82, 2.24) is 9.88 Å². The van der Waals surface area contributed by atoms with Crippen LogP contribution in [-0.4, -0.2) is 29.4 Å². The maximum atomic E-state index is 12.1. The summed E-state index contributed by atoms with van der Waals surface area (Å²) in [5.41, 5.74) is 1.91. The number of amides is 1. The predicted molar refractivity (Wildman–Crippen MR) is 91.3 cm³/mol. The van der Waals surface area contributed by atoms with Crippen LogP contribution in [0.4, 0.5) is 5.69 Å². The van der Waals surface area contributed by atoms with Gasteiger partial charge in [-0.05, 0) is 26.1 Å². The van der Waals surface area contributed by atoms with Gasteiger partial charge in [0, 0.05) is 11.1 Å². The van der Waals surface area contributed by atoms with E-state index in [-0.39, 0.29) is 17.9 Å². The molecule has 0 unspecified atom stereocenters. The molecule has 2 rings (SSSR count). The van der Waals surface area contributed by atoms with Crippen molar-refractivity contribution in [2.75, 3.05) is 18.9 Å². The highest BCUT2D eigenvalue weighted by atomic mass is 16.4. The molecule has 0 fully saturated rings. The first-order chi connectivity index (χ1) is 10.7. The molecule has 1 amide bonds. The summed E-state index contributed by atoms with van der Waals surface area (Å²) in [6.07, 6.45) is 1.76. The largest absolute Gasteiger partial charge is 0.444 e. The van der Waals surface area contributed by atoms with Gasteiger partial charge in [-0.25, -0.2) is 4.98 Å². The Labute approximate surface area is 137 Å². The van der Waals surface area contributed by atoms with E-state index in [0.29, 0.717) is 12.4 Å². The summed E-state index contributed by atoms with van der Waals surface area (Å²) in [5.74, 6) is 1.42. The van der Waals surface area contributed by atoms with E-state index in [4.69, 9.17) is 4.42 Å². The average molecular weight is 315 g/mol. The molecule has 2 aromatic rings. The molecule has 0 saturated heterocycles. The Morgan fingerprint density at radius 2 is 1.91 bits per heavy atom. The molecule has 0 bridgehead atoms. The molecule has 0 aliphatic heterocycles. The number of rotatable bonds is 5. The number of carbonyl (C=O) groups excluding carboxylic acids is 1. The monoisotopic (exact) mass is 315 g/mol. The third-order valence-corrected chi connectivity index (χ3v) is 3.45. The molecule has 1 heterocycles. The fourth-order valence-electron chi connectivity index (χ4n) is 2.10. The lowest BCUT2D eigenvalue weighted by Crippen LogP contribution is -2.29. The second-order valence-electron chi connectivity index (χ2n) is 6.95.